The van der Waals surface area contributed by atoms with Crippen molar-refractivity contribution in [3.05, 3.63) is 30.0 Å². The molecule has 110 valence electrons. The molecular weight excluding hydrogens is 270 g/mol. The number of hydrogen-bond donors (Lipinski definition) is 1. The van der Waals surface area contributed by atoms with Gasteiger partial charge in [-0.05, 0) is 25.0 Å². The highest BCUT2D eigenvalue weighted by Gasteiger charge is 2.28. The third-order valence-electron chi connectivity index (χ3n) is 3.56. The van der Waals surface area contributed by atoms with Crippen LogP contribution in [-0.2, 0) is 4.74 Å². The van der Waals surface area contributed by atoms with Gasteiger partial charge in [-0.25, -0.2) is 9.78 Å². The van der Waals surface area contributed by atoms with Crippen LogP contribution in [0.3, 0.4) is 0 Å². The van der Waals surface area contributed by atoms with Crippen LogP contribution in [0.5, 0.6) is 0 Å². The molecule has 3 heterocycles. The zero-order valence-corrected chi connectivity index (χ0v) is 11.8. The number of aromatic nitrogens is 3. The molecule has 2 aromatic rings. The van der Waals surface area contributed by atoms with Gasteiger partial charge >= 0.3 is 5.97 Å². The molecule has 7 heteroatoms. The van der Waals surface area contributed by atoms with Gasteiger partial charge in [0.1, 0.15) is 11.4 Å². The smallest absolute Gasteiger partial charge is 0.345 e. The molecule has 2 N–H and O–H groups in total. The van der Waals surface area contributed by atoms with E-state index >= 15 is 0 Å². The summed E-state index contributed by atoms with van der Waals surface area (Å²) in [5.74, 6) is 0.923. The van der Waals surface area contributed by atoms with Gasteiger partial charge in [0.05, 0.1) is 7.11 Å². The molecule has 3 rings (SSSR count). The molecule has 0 bridgehead atoms. The highest BCUT2D eigenvalue weighted by atomic mass is 16.5. The van der Waals surface area contributed by atoms with Crippen LogP contribution in [0, 0.1) is 0 Å². The number of nitrogens with two attached hydrogens (primary N) is 1. The molecule has 0 radical (unpaired) electrons. The normalized spacial score (nSPS) is 14.4. The van der Waals surface area contributed by atoms with E-state index in [-0.39, 0.29) is 5.82 Å². The second-order valence-corrected chi connectivity index (χ2v) is 4.87. The largest absolute Gasteiger partial charge is 0.465 e. The molecule has 0 atom stereocenters. The van der Waals surface area contributed by atoms with Crippen molar-refractivity contribution < 1.29 is 9.53 Å². The van der Waals surface area contributed by atoms with Gasteiger partial charge < -0.3 is 15.4 Å². The van der Waals surface area contributed by atoms with E-state index in [2.05, 4.69) is 15.0 Å². The molecule has 2 aromatic heterocycles. The minimum Gasteiger partial charge on any atom is -0.465 e. The summed E-state index contributed by atoms with van der Waals surface area (Å²) >= 11 is 0. The van der Waals surface area contributed by atoms with E-state index < -0.39 is 5.97 Å². The molecule has 1 fully saturated rings. The van der Waals surface area contributed by atoms with E-state index in [9.17, 15) is 4.79 Å². The number of anilines is 2. The van der Waals surface area contributed by atoms with Crippen molar-refractivity contribution in [2.24, 2.45) is 0 Å². The van der Waals surface area contributed by atoms with E-state index in [0.717, 1.165) is 25.9 Å². The number of carbonyl (C=O) groups is 1. The van der Waals surface area contributed by atoms with Crippen LogP contribution in [0.2, 0.25) is 0 Å². The van der Waals surface area contributed by atoms with Crippen molar-refractivity contribution in [1.82, 2.24) is 14.8 Å². The Hall–Kier alpha value is -2.57. The number of esters is 1. The second kappa shape index (κ2) is 5.43. The fourth-order valence-corrected chi connectivity index (χ4v) is 2.52. The van der Waals surface area contributed by atoms with Crippen molar-refractivity contribution in [1.29, 1.82) is 0 Å². The highest BCUT2D eigenvalue weighted by molar-refractivity contribution is 6.00. The number of hydrogen-bond acceptors (Lipinski definition) is 6. The number of rotatable bonds is 3. The van der Waals surface area contributed by atoms with Gasteiger partial charge in [0.15, 0.2) is 11.6 Å². The van der Waals surface area contributed by atoms with E-state index in [1.807, 2.05) is 12.1 Å². The van der Waals surface area contributed by atoms with Crippen LogP contribution in [0.15, 0.2) is 24.4 Å². The molecule has 1 aliphatic heterocycles. The summed E-state index contributed by atoms with van der Waals surface area (Å²) < 4.78 is 6.33. The first-order chi connectivity index (χ1) is 10.2. The first-order valence-electron chi connectivity index (χ1n) is 6.85. The molecular formula is C14H17N5O2. The lowest BCUT2D eigenvalue weighted by molar-refractivity contribution is 0.0602. The van der Waals surface area contributed by atoms with E-state index in [1.165, 1.54) is 11.8 Å². The Balaban J connectivity index is 2.12. The molecule has 0 aliphatic carbocycles. The molecule has 21 heavy (non-hydrogen) atoms. The van der Waals surface area contributed by atoms with Crippen LogP contribution in [0.4, 0.5) is 11.6 Å². The number of carbonyl (C=O) groups excluding carboxylic acids is 1. The zero-order valence-electron chi connectivity index (χ0n) is 11.8. The van der Waals surface area contributed by atoms with Crippen LogP contribution in [0.25, 0.3) is 5.82 Å². The fraction of sp³-hybridized carbons (Fsp3) is 0.357. The third kappa shape index (κ3) is 2.31. The van der Waals surface area contributed by atoms with Gasteiger partial charge in [0.2, 0.25) is 0 Å². The molecule has 0 amide bonds. The Morgan fingerprint density at radius 1 is 1.33 bits per heavy atom. The maximum atomic E-state index is 12.1. The lowest BCUT2D eigenvalue weighted by atomic mass is 10.3. The Morgan fingerprint density at radius 2 is 2.10 bits per heavy atom. The van der Waals surface area contributed by atoms with Crippen LogP contribution < -0.4 is 10.6 Å². The zero-order chi connectivity index (χ0) is 14.8. The standard InChI is InChI=1S/C14H17N5O2/c1-21-14(20)11-12(15)19(10-6-2-3-7-16-10)17-13(11)18-8-4-5-9-18/h2-3,6-7H,4-5,8-9,15H2,1H3. The summed E-state index contributed by atoms with van der Waals surface area (Å²) in [5.41, 5.74) is 6.42. The molecule has 0 unspecified atom stereocenters. The van der Waals surface area contributed by atoms with Crippen molar-refractivity contribution in [2.75, 3.05) is 30.8 Å². The monoisotopic (exact) mass is 287 g/mol. The molecule has 0 aromatic carbocycles. The summed E-state index contributed by atoms with van der Waals surface area (Å²) in [7, 11) is 1.34. The lowest BCUT2D eigenvalue weighted by Crippen LogP contribution is -2.21. The maximum absolute atomic E-state index is 12.1. The van der Waals surface area contributed by atoms with Gasteiger partial charge in [-0.1, -0.05) is 6.07 Å². The second-order valence-electron chi connectivity index (χ2n) is 4.87. The Labute approximate surface area is 122 Å². The SMILES string of the molecule is COC(=O)c1c(N2CCCC2)nn(-c2ccccn2)c1N. The van der Waals surface area contributed by atoms with Gasteiger partial charge in [-0.15, -0.1) is 5.10 Å². The summed E-state index contributed by atoms with van der Waals surface area (Å²) in [6, 6.07) is 5.45. The first-order valence-corrected chi connectivity index (χ1v) is 6.85. The van der Waals surface area contributed by atoms with Crippen molar-refractivity contribution >= 4 is 17.6 Å². The summed E-state index contributed by atoms with van der Waals surface area (Å²) in [4.78, 5) is 18.3. The third-order valence-corrected chi connectivity index (χ3v) is 3.56. The van der Waals surface area contributed by atoms with Gasteiger partial charge in [-0.2, -0.15) is 4.68 Å². The summed E-state index contributed by atoms with van der Waals surface area (Å²) in [5, 5.41) is 4.49. The van der Waals surface area contributed by atoms with Gasteiger partial charge in [0, 0.05) is 19.3 Å². The summed E-state index contributed by atoms with van der Waals surface area (Å²) in [6.45, 7) is 1.73. The number of ether oxygens (including phenoxy) is 1. The number of methoxy groups -OCH3 is 1. The number of pyridine rings is 1. The van der Waals surface area contributed by atoms with E-state index in [0.29, 0.717) is 17.2 Å². The molecule has 1 saturated heterocycles. The Kier molecular flexibility index (Phi) is 3.47. The average molecular weight is 287 g/mol. The van der Waals surface area contributed by atoms with E-state index in [1.54, 1.807) is 12.3 Å². The van der Waals surface area contributed by atoms with Crippen LogP contribution in [0.1, 0.15) is 23.2 Å². The topological polar surface area (TPSA) is 86.3 Å². The minimum absolute atomic E-state index is 0.252. The van der Waals surface area contributed by atoms with Gasteiger partial charge in [0.25, 0.3) is 0 Å². The molecule has 0 spiro atoms. The predicted octanol–water partition coefficient (Wildman–Crippen LogP) is 1.24. The van der Waals surface area contributed by atoms with Crippen LogP contribution >= 0.6 is 0 Å². The van der Waals surface area contributed by atoms with Crippen LogP contribution in [-0.4, -0.2) is 40.9 Å². The first kappa shape index (κ1) is 13.4. The summed E-state index contributed by atoms with van der Waals surface area (Å²) in [6.07, 6.45) is 3.82. The molecule has 0 saturated carbocycles. The van der Waals surface area contributed by atoms with Gasteiger partial charge in [-0.3, -0.25) is 0 Å². The fourth-order valence-electron chi connectivity index (χ4n) is 2.52. The maximum Gasteiger partial charge on any atom is 0.345 e. The predicted molar refractivity (Wildman–Crippen MR) is 78.6 cm³/mol. The molecule has 7 nitrogen and oxygen atoms in total. The molecule has 1 aliphatic rings. The number of nitrogens with zero attached hydrogens (tertiary/aromatic N) is 4. The van der Waals surface area contributed by atoms with Crippen molar-refractivity contribution in [2.45, 2.75) is 12.8 Å². The average Bonchev–Trinajstić information content (AvgIpc) is 3.15. The Morgan fingerprint density at radius 3 is 2.71 bits per heavy atom. The lowest BCUT2D eigenvalue weighted by Gasteiger charge is -2.15. The minimum atomic E-state index is -0.475. The quantitative estimate of drug-likeness (QED) is 0.855. The highest BCUT2D eigenvalue weighted by Crippen LogP contribution is 2.30. The van der Waals surface area contributed by atoms with Crippen molar-refractivity contribution in [3.8, 4) is 5.82 Å². The van der Waals surface area contributed by atoms with E-state index in [4.69, 9.17) is 10.5 Å². The van der Waals surface area contributed by atoms with Crippen molar-refractivity contribution in [3.63, 3.8) is 0 Å². The number of nitrogen functional groups attached to an aromatic ring is 1. The Bertz CT molecular complexity index is 647.